The smallest absolute Gasteiger partial charge is 0.254 e. The molecule has 1 aromatic heterocycles. The van der Waals surface area contributed by atoms with Crippen LogP contribution in [0.25, 0.3) is 5.69 Å². The molecule has 0 spiro atoms. The SMILES string of the molecule is COCC(O)CCNC(=O)c1cnn(-c2cc(C)ccc2C)c1C. The number of benzene rings is 1. The van der Waals surface area contributed by atoms with Crippen LogP contribution in [0.4, 0.5) is 0 Å². The Kier molecular flexibility index (Phi) is 6.11. The van der Waals surface area contributed by atoms with Gasteiger partial charge in [0.15, 0.2) is 0 Å². The van der Waals surface area contributed by atoms with Crippen molar-refractivity contribution in [3.63, 3.8) is 0 Å². The van der Waals surface area contributed by atoms with Gasteiger partial charge in [-0.25, -0.2) is 4.68 Å². The van der Waals surface area contributed by atoms with Gasteiger partial charge >= 0.3 is 0 Å². The van der Waals surface area contributed by atoms with E-state index in [0.29, 0.717) is 18.5 Å². The summed E-state index contributed by atoms with van der Waals surface area (Å²) in [6.07, 6.45) is 1.45. The van der Waals surface area contributed by atoms with Gasteiger partial charge < -0.3 is 15.2 Å². The summed E-state index contributed by atoms with van der Waals surface area (Å²) in [4.78, 5) is 12.3. The van der Waals surface area contributed by atoms with E-state index in [0.717, 1.165) is 22.5 Å². The zero-order valence-electron chi connectivity index (χ0n) is 14.7. The van der Waals surface area contributed by atoms with Gasteiger partial charge in [-0.3, -0.25) is 4.79 Å². The molecule has 0 saturated carbocycles. The molecule has 6 nitrogen and oxygen atoms in total. The van der Waals surface area contributed by atoms with Gasteiger partial charge in [0.1, 0.15) is 0 Å². The highest BCUT2D eigenvalue weighted by molar-refractivity contribution is 5.95. The zero-order valence-corrected chi connectivity index (χ0v) is 14.7. The first-order chi connectivity index (χ1) is 11.4. The van der Waals surface area contributed by atoms with Gasteiger partial charge in [0.05, 0.1) is 35.9 Å². The molecular weight excluding hydrogens is 306 g/mol. The van der Waals surface area contributed by atoms with Crippen molar-refractivity contribution in [3.05, 3.63) is 46.8 Å². The molecule has 1 aromatic carbocycles. The number of hydrogen-bond donors (Lipinski definition) is 2. The Bertz CT molecular complexity index is 710. The van der Waals surface area contributed by atoms with Crippen molar-refractivity contribution >= 4 is 5.91 Å². The summed E-state index contributed by atoms with van der Waals surface area (Å²) in [6.45, 7) is 6.58. The van der Waals surface area contributed by atoms with Crippen molar-refractivity contribution in [2.75, 3.05) is 20.3 Å². The molecule has 0 aliphatic heterocycles. The minimum Gasteiger partial charge on any atom is -0.391 e. The Balaban J connectivity index is 2.09. The van der Waals surface area contributed by atoms with Crippen LogP contribution >= 0.6 is 0 Å². The van der Waals surface area contributed by atoms with Crippen molar-refractivity contribution < 1.29 is 14.6 Å². The predicted molar refractivity (Wildman–Crippen MR) is 92.6 cm³/mol. The molecule has 2 aromatic rings. The molecule has 0 radical (unpaired) electrons. The first-order valence-corrected chi connectivity index (χ1v) is 8.01. The molecule has 0 aliphatic rings. The lowest BCUT2D eigenvalue weighted by Crippen LogP contribution is -2.28. The normalized spacial score (nSPS) is 12.2. The maximum atomic E-state index is 12.3. The number of amides is 1. The third-order valence-corrected chi connectivity index (χ3v) is 3.97. The quantitative estimate of drug-likeness (QED) is 0.813. The van der Waals surface area contributed by atoms with E-state index >= 15 is 0 Å². The van der Waals surface area contributed by atoms with Crippen LogP contribution in [-0.2, 0) is 4.74 Å². The van der Waals surface area contributed by atoms with Gasteiger partial charge in [-0.05, 0) is 44.4 Å². The van der Waals surface area contributed by atoms with E-state index in [1.54, 1.807) is 10.9 Å². The Morgan fingerprint density at radius 2 is 2.12 bits per heavy atom. The summed E-state index contributed by atoms with van der Waals surface area (Å²) in [5.74, 6) is -0.186. The molecule has 130 valence electrons. The summed E-state index contributed by atoms with van der Waals surface area (Å²) >= 11 is 0. The first kappa shape index (κ1) is 18.2. The monoisotopic (exact) mass is 331 g/mol. The molecule has 0 bridgehead atoms. The summed E-state index contributed by atoms with van der Waals surface area (Å²) in [5.41, 5.74) is 4.54. The third-order valence-electron chi connectivity index (χ3n) is 3.97. The molecule has 24 heavy (non-hydrogen) atoms. The van der Waals surface area contributed by atoms with Crippen LogP contribution in [0.15, 0.2) is 24.4 Å². The van der Waals surface area contributed by atoms with Gasteiger partial charge in [0.25, 0.3) is 5.91 Å². The van der Waals surface area contributed by atoms with E-state index in [9.17, 15) is 9.90 Å². The highest BCUT2D eigenvalue weighted by Gasteiger charge is 2.16. The van der Waals surface area contributed by atoms with Gasteiger partial charge in [0, 0.05) is 13.7 Å². The fraction of sp³-hybridized carbons (Fsp3) is 0.444. The number of nitrogens with zero attached hydrogens (tertiary/aromatic N) is 2. The predicted octanol–water partition coefficient (Wildman–Crippen LogP) is 1.92. The maximum absolute atomic E-state index is 12.3. The number of ether oxygens (including phenoxy) is 1. The maximum Gasteiger partial charge on any atom is 0.254 e. The fourth-order valence-electron chi connectivity index (χ4n) is 2.55. The van der Waals surface area contributed by atoms with Crippen LogP contribution in [0.5, 0.6) is 0 Å². The standard InChI is InChI=1S/C18H25N3O3/c1-12-5-6-13(2)17(9-12)21-14(3)16(10-20-21)18(23)19-8-7-15(22)11-24-4/h5-6,9-10,15,22H,7-8,11H2,1-4H3,(H,19,23). The Morgan fingerprint density at radius 1 is 1.38 bits per heavy atom. The molecular formula is C18H25N3O3. The number of rotatable bonds is 7. The van der Waals surface area contributed by atoms with Crippen molar-refractivity contribution in [1.29, 1.82) is 0 Å². The van der Waals surface area contributed by atoms with Crippen molar-refractivity contribution in [2.45, 2.75) is 33.3 Å². The average molecular weight is 331 g/mol. The summed E-state index contributed by atoms with van der Waals surface area (Å²) in [5, 5.41) is 16.8. The van der Waals surface area contributed by atoms with E-state index in [-0.39, 0.29) is 12.5 Å². The molecule has 1 unspecified atom stereocenters. The van der Waals surface area contributed by atoms with Crippen LogP contribution in [0.1, 0.15) is 33.6 Å². The Labute approximate surface area is 142 Å². The van der Waals surface area contributed by atoms with E-state index in [1.165, 1.54) is 7.11 Å². The number of methoxy groups -OCH3 is 1. The van der Waals surface area contributed by atoms with E-state index < -0.39 is 6.10 Å². The minimum absolute atomic E-state index is 0.186. The molecule has 0 aliphatic carbocycles. The number of aliphatic hydroxyl groups is 1. The molecule has 1 amide bonds. The second-order valence-corrected chi connectivity index (χ2v) is 6.00. The average Bonchev–Trinajstić information content (AvgIpc) is 2.91. The topological polar surface area (TPSA) is 76.4 Å². The molecule has 6 heteroatoms. The molecule has 1 atom stereocenters. The summed E-state index contributed by atoms with van der Waals surface area (Å²) < 4.78 is 6.65. The number of carbonyl (C=O) groups is 1. The number of hydrogen-bond acceptors (Lipinski definition) is 4. The first-order valence-electron chi connectivity index (χ1n) is 8.01. The largest absolute Gasteiger partial charge is 0.391 e. The fourth-order valence-corrected chi connectivity index (χ4v) is 2.55. The van der Waals surface area contributed by atoms with Crippen LogP contribution < -0.4 is 5.32 Å². The molecule has 1 heterocycles. The number of aryl methyl sites for hydroxylation is 2. The lowest BCUT2D eigenvalue weighted by Gasteiger charge is -2.11. The van der Waals surface area contributed by atoms with Crippen molar-refractivity contribution in [1.82, 2.24) is 15.1 Å². The zero-order chi connectivity index (χ0) is 17.7. The highest BCUT2D eigenvalue weighted by atomic mass is 16.5. The van der Waals surface area contributed by atoms with E-state index in [2.05, 4.69) is 22.5 Å². The Morgan fingerprint density at radius 3 is 2.83 bits per heavy atom. The lowest BCUT2D eigenvalue weighted by molar-refractivity contribution is 0.0587. The summed E-state index contributed by atoms with van der Waals surface area (Å²) in [7, 11) is 1.53. The minimum atomic E-state index is -0.575. The van der Waals surface area contributed by atoms with Crippen LogP contribution in [0.3, 0.4) is 0 Å². The molecule has 2 N–H and O–H groups in total. The van der Waals surface area contributed by atoms with Crippen LogP contribution in [-0.4, -0.2) is 47.2 Å². The number of aromatic nitrogens is 2. The molecule has 0 saturated heterocycles. The van der Waals surface area contributed by atoms with Gasteiger partial charge in [0.2, 0.25) is 0 Å². The number of aliphatic hydroxyl groups excluding tert-OH is 1. The second kappa shape index (κ2) is 8.08. The second-order valence-electron chi connectivity index (χ2n) is 6.00. The van der Waals surface area contributed by atoms with Gasteiger partial charge in [-0.1, -0.05) is 12.1 Å². The summed E-state index contributed by atoms with van der Waals surface area (Å²) in [6, 6.07) is 6.15. The number of carbonyl (C=O) groups excluding carboxylic acids is 1. The molecule has 0 fully saturated rings. The Hall–Kier alpha value is -2.18. The van der Waals surface area contributed by atoms with Gasteiger partial charge in [-0.15, -0.1) is 0 Å². The van der Waals surface area contributed by atoms with Gasteiger partial charge in [-0.2, -0.15) is 5.10 Å². The highest BCUT2D eigenvalue weighted by Crippen LogP contribution is 2.19. The third kappa shape index (κ3) is 4.21. The lowest BCUT2D eigenvalue weighted by atomic mass is 10.1. The van der Waals surface area contributed by atoms with Crippen LogP contribution in [0.2, 0.25) is 0 Å². The number of nitrogens with one attached hydrogen (secondary N) is 1. The van der Waals surface area contributed by atoms with E-state index in [4.69, 9.17) is 4.74 Å². The van der Waals surface area contributed by atoms with E-state index in [1.807, 2.05) is 26.8 Å². The van der Waals surface area contributed by atoms with Crippen molar-refractivity contribution in [2.24, 2.45) is 0 Å². The van der Waals surface area contributed by atoms with Crippen molar-refractivity contribution in [3.8, 4) is 5.69 Å². The van der Waals surface area contributed by atoms with Crippen LogP contribution in [0, 0.1) is 20.8 Å². The molecule has 2 rings (SSSR count).